The van der Waals surface area contributed by atoms with Crippen LogP contribution in [0.1, 0.15) is 53.1 Å². The Morgan fingerprint density at radius 1 is 1.08 bits per heavy atom. The van der Waals surface area contributed by atoms with E-state index in [0.29, 0.717) is 53.7 Å². The Balaban J connectivity index is 1.29. The van der Waals surface area contributed by atoms with Gasteiger partial charge in [-0.05, 0) is 49.1 Å². The van der Waals surface area contributed by atoms with Crippen molar-refractivity contribution < 1.29 is 14.5 Å². The smallest absolute Gasteiger partial charge is 0.294 e. The number of likely N-dealkylation sites (tertiary alicyclic amines) is 2. The fraction of sp³-hybridized carbons (Fsp3) is 0.519. The molecule has 2 saturated heterocycles. The van der Waals surface area contributed by atoms with E-state index in [1.54, 1.807) is 24.0 Å². The zero-order valence-electron chi connectivity index (χ0n) is 21.5. The number of nitro benzene ring substituents is 1. The van der Waals surface area contributed by atoms with Gasteiger partial charge in [-0.2, -0.15) is 0 Å². The molecular weight excluding hydrogens is 554 g/mol. The number of anilines is 1. The van der Waals surface area contributed by atoms with Crippen molar-refractivity contribution in [2.75, 3.05) is 31.5 Å². The van der Waals surface area contributed by atoms with Crippen LogP contribution < -0.4 is 10.9 Å². The summed E-state index contributed by atoms with van der Waals surface area (Å²) in [6.07, 6.45) is 1.75. The zero-order chi connectivity index (χ0) is 27.1. The highest BCUT2D eigenvalue weighted by atomic mass is 79.9. The van der Waals surface area contributed by atoms with Gasteiger partial charge in [0.1, 0.15) is 5.69 Å². The van der Waals surface area contributed by atoms with Gasteiger partial charge in [-0.15, -0.1) is 0 Å². The number of hydrogen-bond donors (Lipinski definition) is 2. The molecule has 6 rings (SSSR count). The molecule has 3 atom stereocenters. The minimum atomic E-state index is -0.467. The van der Waals surface area contributed by atoms with E-state index in [9.17, 15) is 24.5 Å². The predicted molar refractivity (Wildman–Crippen MR) is 144 cm³/mol. The highest BCUT2D eigenvalue weighted by Crippen LogP contribution is 2.62. The number of halogens is 1. The maximum atomic E-state index is 13.7. The van der Waals surface area contributed by atoms with Gasteiger partial charge >= 0.3 is 0 Å². The molecule has 2 saturated carbocycles. The van der Waals surface area contributed by atoms with Gasteiger partial charge < -0.3 is 20.1 Å². The van der Waals surface area contributed by atoms with E-state index in [1.807, 2.05) is 4.90 Å². The summed E-state index contributed by atoms with van der Waals surface area (Å²) in [5.41, 5.74) is 0.930. The van der Waals surface area contributed by atoms with Crippen molar-refractivity contribution in [1.29, 1.82) is 0 Å². The fourth-order valence-corrected chi connectivity index (χ4v) is 7.12. The lowest BCUT2D eigenvalue weighted by Crippen LogP contribution is -2.36. The number of aryl methyl sites for hydroxylation is 1. The quantitative estimate of drug-likeness (QED) is 0.407. The third kappa shape index (κ3) is 4.02. The maximum absolute atomic E-state index is 13.7. The Hall–Kier alpha value is -3.21. The number of nitrogens with one attached hydrogen (secondary N) is 2. The first-order chi connectivity index (χ1) is 17.9. The number of piperidine rings is 1. The van der Waals surface area contributed by atoms with Crippen LogP contribution in [-0.2, 0) is 0 Å². The number of carbonyl (C=O) groups is 2. The van der Waals surface area contributed by atoms with Gasteiger partial charge in [0.05, 0.1) is 16.5 Å². The molecule has 2 aliphatic heterocycles. The molecule has 2 aromatic rings. The Labute approximate surface area is 228 Å². The summed E-state index contributed by atoms with van der Waals surface area (Å²) in [6, 6.07) is 5.77. The van der Waals surface area contributed by atoms with Crippen LogP contribution in [0.5, 0.6) is 0 Å². The number of carbonyl (C=O) groups excluding carboxylic acids is 2. The number of pyridine rings is 1. The lowest BCUT2D eigenvalue weighted by atomic mass is 9.99. The van der Waals surface area contributed by atoms with Crippen molar-refractivity contribution >= 4 is 39.1 Å². The number of hydrogen-bond acceptors (Lipinski definition) is 6. The van der Waals surface area contributed by atoms with Crippen molar-refractivity contribution in [2.24, 2.45) is 22.7 Å². The molecule has 1 spiro atoms. The normalized spacial score (nSPS) is 25.8. The van der Waals surface area contributed by atoms with Crippen LogP contribution in [0.2, 0.25) is 0 Å². The van der Waals surface area contributed by atoms with E-state index < -0.39 is 4.92 Å². The topological polar surface area (TPSA) is 129 Å². The molecular formula is C27H30BrN5O5. The Morgan fingerprint density at radius 3 is 2.37 bits per heavy atom. The summed E-state index contributed by atoms with van der Waals surface area (Å²) < 4.78 is 0.469. The molecule has 0 radical (unpaired) electrons. The Bertz CT molecular complexity index is 1430. The van der Waals surface area contributed by atoms with E-state index in [4.69, 9.17) is 0 Å². The van der Waals surface area contributed by atoms with Crippen molar-refractivity contribution in [3.63, 3.8) is 0 Å². The van der Waals surface area contributed by atoms with E-state index >= 15 is 0 Å². The van der Waals surface area contributed by atoms with Crippen LogP contribution in [0.4, 0.5) is 11.4 Å². The average molecular weight is 584 g/mol. The summed E-state index contributed by atoms with van der Waals surface area (Å²) >= 11 is 3.36. The second kappa shape index (κ2) is 8.39. The highest BCUT2D eigenvalue weighted by Gasteiger charge is 2.63. The molecule has 1 aromatic carbocycles. The number of aromatic nitrogens is 1. The first-order valence-corrected chi connectivity index (χ1v) is 13.7. The number of rotatable bonds is 5. The average Bonchev–Trinajstić information content (AvgIpc) is 3.54. The second-order valence-electron chi connectivity index (χ2n) is 12.0. The van der Waals surface area contributed by atoms with Crippen molar-refractivity contribution in [3.8, 4) is 0 Å². The van der Waals surface area contributed by atoms with Crippen LogP contribution in [0, 0.1) is 39.7 Å². The van der Waals surface area contributed by atoms with Crippen molar-refractivity contribution in [1.82, 2.24) is 14.8 Å². The number of H-pyrrole nitrogens is 1. The monoisotopic (exact) mass is 583 g/mol. The van der Waals surface area contributed by atoms with Gasteiger partial charge in [0.25, 0.3) is 17.5 Å². The Kier molecular flexibility index (Phi) is 5.54. The van der Waals surface area contributed by atoms with Gasteiger partial charge in [0.15, 0.2) is 0 Å². The Morgan fingerprint density at radius 2 is 1.76 bits per heavy atom. The summed E-state index contributed by atoms with van der Waals surface area (Å²) in [5.74, 6) is 0.468. The first-order valence-electron chi connectivity index (χ1n) is 12.9. The molecule has 38 heavy (non-hydrogen) atoms. The van der Waals surface area contributed by atoms with E-state index in [0.717, 1.165) is 12.8 Å². The lowest BCUT2D eigenvalue weighted by molar-refractivity contribution is -0.384. The third-order valence-corrected chi connectivity index (χ3v) is 9.75. The molecule has 10 nitrogen and oxygen atoms in total. The summed E-state index contributed by atoms with van der Waals surface area (Å²) in [4.78, 5) is 56.7. The van der Waals surface area contributed by atoms with Crippen LogP contribution in [0.25, 0.3) is 0 Å². The minimum Gasteiger partial charge on any atom is -0.374 e. The largest absolute Gasteiger partial charge is 0.374 e. The van der Waals surface area contributed by atoms with Gasteiger partial charge in [0, 0.05) is 59.5 Å². The maximum Gasteiger partial charge on any atom is 0.294 e. The molecule has 2 unspecified atom stereocenters. The second-order valence-corrected chi connectivity index (χ2v) is 12.9. The highest BCUT2D eigenvalue weighted by molar-refractivity contribution is 9.10. The molecule has 1 aromatic heterocycles. The SMILES string of the molecule is Cc1cc(C(=O)N2C[C@H](Nc3c(C(=O)N4CC5C(C4)C5(C)C)cc(Br)cc3[N+](=O)[O-])C3(CC3)C2)cc(=O)[nH]1. The number of aromatic amines is 1. The molecule has 200 valence electrons. The predicted octanol–water partition coefficient (Wildman–Crippen LogP) is 3.80. The standard InChI is InChI=1S/C27H30BrN5O5/c1-14-6-15(7-22(34)29-14)24(35)32-12-21(27(13-32)4-5-27)30-23-17(8-16(28)9-20(23)33(37)38)25(36)31-10-18-19(11-31)26(18,2)3/h6-9,18-19,21,30H,4-5,10-13H2,1-3H3,(H,29,34)/t18?,19?,21-/m0/s1. The summed E-state index contributed by atoms with van der Waals surface area (Å²) in [6.45, 7) is 8.29. The molecule has 4 fully saturated rings. The molecule has 11 heteroatoms. The summed E-state index contributed by atoms with van der Waals surface area (Å²) in [5, 5.41) is 15.5. The van der Waals surface area contributed by atoms with Crippen molar-refractivity contribution in [2.45, 2.75) is 39.7 Å². The lowest BCUT2D eigenvalue weighted by Gasteiger charge is -2.25. The van der Waals surface area contributed by atoms with Crippen LogP contribution >= 0.6 is 15.9 Å². The molecule has 2 aliphatic carbocycles. The van der Waals surface area contributed by atoms with E-state index in [1.165, 1.54) is 12.1 Å². The third-order valence-electron chi connectivity index (χ3n) is 9.29. The van der Waals surface area contributed by atoms with Gasteiger partial charge in [-0.25, -0.2) is 0 Å². The molecule has 3 heterocycles. The van der Waals surface area contributed by atoms with E-state index in [-0.39, 0.29) is 51.2 Å². The summed E-state index contributed by atoms with van der Waals surface area (Å²) in [7, 11) is 0. The molecule has 0 bridgehead atoms. The van der Waals surface area contributed by atoms with Gasteiger partial charge in [-0.1, -0.05) is 29.8 Å². The minimum absolute atomic E-state index is 0.168. The number of nitrogens with zero attached hydrogens (tertiary/aromatic N) is 3. The molecule has 4 aliphatic rings. The number of fused-ring (bicyclic) bond motifs is 1. The molecule has 2 N–H and O–H groups in total. The first kappa shape index (κ1) is 25.1. The van der Waals surface area contributed by atoms with Crippen molar-refractivity contribution in [3.05, 3.63) is 66.0 Å². The van der Waals surface area contributed by atoms with Crippen LogP contribution in [0.15, 0.2) is 33.5 Å². The number of benzene rings is 1. The number of amides is 2. The fourth-order valence-electron chi connectivity index (χ4n) is 6.68. The number of nitro groups is 1. The van der Waals surface area contributed by atoms with Gasteiger partial charge in [0.2, 0.25) is 5.56 Å². The molecule has 2 amide bonds. The zero-order valence-corrected chi connectivity index (χ0v) is 23.1. The van der Waals surface area contributed by atoms with Gasteiger partial charge in [-0.3, -0.25) is 24.5 Å². The van der Waals surface area contributed by atoms with Crippen LogP contribution in [0.3, 0.4) is 0 Å². The van der Waals surface area contributed by atoms with Crippen LogP contribution in [-0.4, -0.2) is 63.7 Å². The van der Waals surface area contributed by atoms with E-state index in [2.05, 4.69) is 40.1 Å².